The molecule has 0 spiro atoms. The Morgan fingerprint density at radius 2 is 2.00 bits per heavy atom. The van der Waals surface area contributed by atoms with Crippen LogP contribution in [0.4, 0.5) is 0 Å². The third kappa shape index (κ3) is 2.73. The molecule has 82 valence electrons. The molecule has 1 N–H and O–H groups in total. The van der Waals surface area contributed by atoms with Crippen molar-refractivity contribution in [3.05, 3.63) is 0 Å². The molecule has 1 fully saturated rings. The van der Waals surface area contributed by atoms with Gasteiger partial charge in [-0.2, -0.15) is 0 Å². The second kappa shape index (κ2) is 3.92. The van der Waals surface area contributed by atoms with Crippen LogP contribution < -0.4 is 5.32 Å². The molecule has 1 aliphatic carbocycles. The summed E-state index contributed by atoms with van der Waals surface area (Å²) in [4.78, 5) is 10.5. The summed E-state index contributed by atoms with van der Waals surface area (Å²) < 4.78 is 0. The monoisotopic (exact) mass is 197 g/mol. The minimum Gasteiger partial charge on any atom is -0.356 e. The van der Waals surface area contributed by atoms with Crippen LogP contribution in [0.1, 0.15) is 53.4 Å². The zero-order valence-corrected chi connectivity index (χ0v) is 9.89. The Kier molecular flexibility index (Phi) is 3.23. The van der Waals surface area contributed by atoms with Crippen LogP contribution >= 0.6 is 0 Å². The molecule has 1 rings (SSSR count). The number of carbonyl (C=O) groups is 1. The van der Waals surface area contributed by atoms with E-state index in [2.05, 4.69) is 33.0 Å². The average Bonchev–Trinajstić information content (AvgIpc) is 2.01. The summed E-state index contributed by atoms with van der Waals surface area (Å²) in [6.45, 7) is 9.20. The molecule has 0 aromatic carbocycles. The van der Waals surface area contributed by atoms with E-state index in [4.69, 9.17) is 0 Å². The Hall–Kier alpha value is -0.530. The van der Waals surface area contributed by atoms with E-state index in [1.54, 1.807) is 0 Å². The summed E-state index contributed by atoms with van der Waals surface area (Å²) in [5.74, 6) is 0. The predicted octanol–water partition coefficient (Wildman–Crippen LogP) is 2.73. The quantitative estimate of drug-likeness (QED) is 0.692. The average molecular weight is 197 g/mol. The summed E-state index contributed by atoms with van der Waals surface area (Å²) in [6, 6.07) is 0.376. The Labute approximate surface area is 87.5 Å². The first-order chi connectivity index (χ1) is 6.41. The van der Waals surface area contributed by atoms with E-state index in [-0.39, 0.29) is 0 Å². The maximum absolute atomic E-state index is 10.5. The summed E-state index contributed by atoms with van der Waals surface area (Å²) in [6.07, 6.45) is 5.57. The maximum atomic E-state index is 10.5. The Bertz CT molecular complexity index is 212. The summed E-state index contributed by atoms with van der Waals surface area (Å²) in [7, 11) is 0. The van der Waals surface area contributed by atoms with Crippen molar-refractivity contribution in [1.29, 1.82) is 0 Å². The van der Waals surface area contributed by atoms with Crippen LogP contribution in [0.15, 0.2) is 0 Å². The fourth-order valence-corrected chi connectivity index (χ4v) is 3.12. The first-order valence-corrected chi connectivity index (χ1v) is 5.60. The Balaban J connectivity index is 2.71. The molecule has 1 aliphatic rings. The Morgan fingerprint density at radius 1 is 1.36 bits per heavy atom. The van der Waals surface area contributed by atoms with Gasteiger partial charge in [0.05, 0.1) is 0 Å². The van der Waals surface area contributed by atoms with Gasteiger partial charge in [-0.05, 0) is 30.1 Å². The smallest absolute Gasteiger partial charge is 0.207 e. The van der Waals surface area contributed by atoms with Gasteiger partial charge in [0, 0.05) is 6.04 Å². The van der Waals surface area contributed by atoms with Gasteiger partial charge in [-0.3, -0.25) is 4.79 Å². The normalized spacial score (nSPS) is 36.4. The summed E-state index contributed by atoms with van der Waals surface area (Å²) in [5, 5.41) is 2.95. The highest BCUT2D eigenvalue weighted by atomic mass is 16.1. The third-order valence-corrected chi connectivity index (χ3v) is 3.60. The highest BCUT2D eigenvalue weighted by Crippen LogP contribution is 2.47. The van der Waals surface area contributed by atoms with Gasteiger partial charge in [-0.1, -0.05) is 34.1 Å². The minimum atomic E-state index is 0.365. The lowest BCUT2D eigenvalue weighted by Gasteiger charge is -2.46. The second-order valence-corrected chi connectivity index (χ2v) is 5.89. The highest BCUT2D eigenvalue weighted by Gasteiger charge is 2.39. The first-order valence-electron chi connectivity index (χ1n) is 5.60. The molecular formula is C12H23NO. The molecule has 0 aliphatic heterocycles. The van der Waals surface area contributed by atoms with Crippen LogP contribution in [0.25, 0.3) is 0 Å². The minimum absolute atomic E-state index is 0.365. The highest BCUT2D eigenvalue weighted by molar-refractivity contribution is 5.46. The van der Waals surface area contributed by atoms with Crippen LogP contribution in [0.2, 0.25) is 0 Å². The van der Waals surface area contributed by atoms with Gasteiger partial charge >= 0.3 is 0 Å². The molecule has 0 saturated heterocycles. The largest absolute Gasteiger partial charge is 0.356 e. The van der Waals surface area contributed by atoms with Crippen molar-refractivity contribution >= 4 is 6.41 Å². The van der Waals surface area contributed by atoms with E-state index in [1.165, 1.54) is 12.8 Å². The molecule has 1 amide bonds. The number of hydrogen-bond donors (Lipinski definition) is 1. The van der Waals surface area contributed by atoms with Crippen molar-refractivity contribution in [1.82, 2.24) is 5.32 Å². The molecule has 0 heterocycles. The van der Waals surface area contributed by atoms with Crippen molar-refractivity contribution in [2.75, 3.05) is 0 Å². The molecule has 2 atom stereocenters. The lowest BCUT2D eigenvalue weighted by molar-refractivity contribution is -0.111. The van der Waals surface area contributed by atoms with Crippen molar-refractivity contribution in [3.8, 4) is 0 Å². The molecule has 1 saturated carbocycles. The lowest BCUT2D eigenvalue weighted by Crippen LogP contribution is -2.44. The topological polar surface area (TPSA) is 29.1 Å². The SMILES string of the molecule is CCC1(C)CC(NC=O)CC(C)(C)C1. The molecule has 2 unspecified atom stereocenters. The van der Waals surface area contributed by atoms with Crippen molar-refractivity contribution in [2.24, 2.45) is 10.8 Å². The molecule has 0 bridgehead atoms. The van der Waals surface area contributed by atoms with E-state index in [1.807, 2.05) is 0 Å². The second-order valence-electron chi connectivity index (χ2n) is 5.89. The maximum Gasteiger partial charge on any atom is 0.207 e. The number of nitrogens with one attached hydrogen (secondary N) is 1. The van der Waals surface area contributed by atoms with E-state index in [0.717, 1.165) is 19.3 Å². The van der Waals surface area contributed by atoms with Crippen LogP contribution in [0, 0.1) is 10.8 Å². The van der Waals surface area contributed by atoms with Gasteiger partial charge < -0.3 is 5.32 Å². The standard InChI is InChI=1S/C12H23NO/c1-5-12(4)7-10(13-9-14)6-11(2,3)8-12/h9-10H,5-8H2,1-4H3,(H,13,14). The predicted molar refractivity (Wildman–Crippen MR) is 59.0 cm³/mol. The number of rotatable bonds is 3. The molecule has 0 radical (unpaired) electrons. The molecule has 0 aromatic rings. The van der Waals surface area contributed by atoms with Crippen LogP contribution in [-0.4, -0.2) is 12.5 Å². The van der Waals surface area contributed by atoms with Crippen LogP contribution in [0.5, 0.6) is 0 Å². The zero-order valence-electron chi connectivity index (χ0n) is 9.89. The van der Waals surface area contributed by atoms with Crippen molar-refractivity contribution < 1.29 is 4.79 Å². The molecule has 2 nitrogen and oxygen atoms in total. The van der Waals surface area contributed by atoms with Crippen molar-refractivity contribution in [2.45, 2.75) is 59.4 Å². The third-order valence-electron chi connectivity index (χ3n) is 3.60. The van der Waals surface area contributed by atoms with Gasteiger partial charge in [-0.25, -0.2) is 0 Å². The summed E-state index contributed by atoms with van der Waals surface area (Å²) in [5.41, 5.74) is 0.770. The molecule has 14 heavy (non-hydrogen) atoms. The Morgan fingerprint density at radius 3 is 2.50 bits per heavy atom. The molecule has 2 heteroatoms. The van der Waals surface area contributed by atoms with Crippen molar-refractivity contribution in [3.63, 3.8) is 0 Å². The van der Waals surface area contributed by atoms with E-state index >= 15 is 0 Å². The van der Waals surface area contributed by atoms with Gasteiger partial charge in [0.15, 0.2) is 0 Å². The fourth-order valence-electron chi connectivity index (χ4n) is 3.12. The van der Waals surface area contributed by atoms with E-state index < -0.39 is 0 Å². The summed E-state index contributed by atoms with van der Waals surface area (Å²) >= 11 is 0. The van der Waals surface area contributed by atoms with Gasteiger partial charge in [0.1, 0.15) is 0 Å². The van der Waals surface area contributed by atoms with E-state index in [0.29, 0.717) is 16.9 Å². The van der Waals surface area contributed by atoms with Crippen LogP contribution in [0.3, 0.4) is 0 Å². The van der Waals surface area contributed by atoms with Gasteiger partial charge in [-0.15, -0.1) is 0 Å². The van der Waals surface area contributed by atoms with Crippen LogP contribution in [-0.2, 0) is 4.79 Å². The molecule has 0 aromatic heterocycles. The zero-order chi connectivity index (χ0) is 10.8. The first kappa shape index (κ1) is 11.5. The number of hydrogen-bond acceptors (Lipinski definition) is 1. The number of amides is 1. The fraction of sp³-hybridized carbons (Fsp3) is 0.917. The number of carbonyl (C=O) groups excluding carboxylic acids is 1. The van der Waals surface area contributed by atoms with Gasteiger partial charge in [0.2, 0.25) is 6.41 Å². The van der Waals surface area contributed by atoms with E-state index in [9.17, 15) is 4.79 Å². The lowest BCUT2D eigenvalue weighted by atomic mass is 9.62. The molecular weight excluding hydrogens is 174 g/mol. The van der Waals surface area contributed by atoms with Gasteiger partial charge in [0.25, 0.3) is 0 Å².